The molecule has 7 nitrogen and oxygen atoms in total. The van der Waals surface area contributed by atoms with E-state index < -0.39 is 14.6 Å². The molecule has 0 aromatic heterocycles. The Kier molecular flexibility index (Phi) is 5.16. The maximum atomic E-state index is 13.3. The Labute approximate surface area is 154 Å². The number of nitrogens with one attached hydrogen (secondary N) is 1. The van der Waals surface area contributed by atoms with E-state index in [1.165, 1.54) is 6.26 Å². The maximum absolute atomic E-state index is 13.3. The van der Waals surface area contributed by atoms with Crippen molar-refractivity contribution in [2.24, 2.45) is 0 Å². The topological polar surface area (TPSA) is 84.9 Å². The highest BCUT2D eigenvalue weighted by molar-refractivity contribution is 7.92. The van der Waals surface area contributed by atoms with E-state index in [2.05, 4.69) is 5.32 Å². The molecule has 2 heterocycles. The molecule has 1 fully saturated rings. The first kappa shape index (κ1) is 19.0. The molecule has 3 rings (SSSR count). The summed E-state index contributed by atoms with van der Waals surface area (Å²) in [5, 5.41) is 3.15. The van der Waals surface area contributed by atoms with Gasteiger partial charge in [-0.15, -0.1) is 0 Å². The zero-order valence-electron chi connectivity index (χ0n) is 15.5. The number of piperidine rings is 1. The monoisotopic (exact) mass is 382 g/mol. The van der Waals surface area contributed by atoms with Gasteiger partial charge in [0.05, 0.1) is 14.2 Å². The molecular formula is C18H26N2O5S. The maximum Gasteiger partial charge on any atom is 0.244 e. The fraction of sp³-hybridized carbons (Fsp3) is 0.611. The fourth-order valence-electron chi connectivity index (χ4n) is 3.92. The number of rotatable bonds is 4. The molecule has 26 heavy (non-hydrogen) atoms. The van der Waals surface area contributed by atoms with Gasteiger partial charge in [-0.25, -0.2) is 8.42 Å². The zero-order chi connectivity index (χ0) is 18.9. The van der Waals surface area contributed by atoms with Gasteiger partial charge in [0, 0.05) is 19.3 Å². The van der Waals surface area contributed by atoms with Crippen molar-refractivity contribution in [2.45, 2.75) is 30.6 Å². The van der Waals surface area contributed by atoms with Crippen LogP contribution < -0.4 is 14.8 Å². The van der Waals surface area contributed by atoms with Crippen LogP contribution in [0.25, 0.3) is 0 Å². The van der Waals surface area contributed by atoms with Crippen LogP contribution in [0.15, 0.2) is 12.1 Å². The van der Waals surface area contributed by atoms with Crippen LogP contribution in [-0.2, 0) is 27.6 Å². The van der Waals surface area contributed by atoms with E-state index in [1.54, 1.807) is 19.1 Å². The summed E-state index contributed by atoms with van der Waals surface area (Å²) in [6, 6.07) is 3.82. The van der Waals surface area contributed by atoms with E-state index in [4.69, 9.17) is 9.47 Å². The first-order valence-electron chi connectivity index (χ1n) is 8.76. The minimum Gasteiger partial charge on any atom is -0.493 e. The summed E-state index contributed by atoms with van der Waals surface area (Å²) in [6.07, 6.45) is 2.49. The lowest BCUT2D eigenvalue weighted by Crippen LogP contribution is -2.58. The molecule has 0 aliphatic carbocycles. The summed E-state index contributed by atoms with van der Waals surface area (Å²) < 4.78 is 34.4. The Hall–Kier alpha value is -1.80. The second-order valence-corrected chi connectivity index (χ2v) is 9.29. The number of carbonyl (C=O) groups excluding carboxylic acids is 1. The third-order valence-electron chi connectivity index (χ3n) is 5.52. The van der Waals surface area contributed by atoms with Crippen LogP contribution in [0.2, 0.25) is 0 Å². The first-order chi connectivity index (χ1) is 12.3. The van der Waals surface area contributed by atoms with Crippen molar-refractivity contribution in [1.29, 1.82) is 0 Å². The van der Waals surface area contributed by atoms with Crippen LogP contribution in [0.4, 0.5) is 0 Å². The Morgan fingerprint density at radius 2 is 1.69 bits per heavy atom. The van der Waals surface area contributed by atoms with E-state index in [-0.39, 0.29) is 5.91 Å². The van der Waals surface area contributed by atoms with Crippen molar-refractivity contribution in [3.05, 3.63) is 23.3 Å². The third kappa shape index (κ3) is 3.16. The van der Waals surface area contributed by atoms with Gasteiger partial charge in [0.2, 0.25) is 5.91 Å². The van der Waals surface area contributed by atoms with Gasteiger partial charge in [-0.2, -0.15) is 0 Å². The molecule has 0 saturated carbocycles. The second-order valence-electron chi connectivity index (χ2n) is 6.97. The molecule has 0 unspecified atom stereocenters. The van der Waals surface area contributed by atoms with Gasteiger partial charge in [-0.3, -0.25) is 4.79 Å². The van der Waals surface area contributed by atoms with Gasteiger partial charge >= 0.3 is 0 Å². The third-order valence-corrected chi connectivity index (χ3v) is 7.52. The van der Waals surface area contributed by atoms with Crippen molar-refractivity contribution < 1.29 is 22.7 Å². The van der Waals surface area contributed by atoms with Crippen molar-refractivity contribution in [2.75, 3.05) is 40.1 Å². The smallest absolute Gasteiger partial charge is 0.244 e. The summed E-state index contributed by atoms with van der Waals surface area (Å²) in [7, 11) is -0.347. The number of ether oxygens (including phenoxy) is 2. The number of nitrogens with zero attached hydrogens (tertiary/aromatic N) is 1. The Balaban J connectivity index is 1.91. The van der Waals surface area contributed by atoms with E-state index in [0.717, 1.165) is 11.1 Å². The quantitative estimate of drug-likeness (QED) is 0.827. The lowest BCUT2D eigenvalue weighted by molar-refractivity contribution is -0.135. The standard InChI is InChI=1S/C18H26N2O5S/c1-24-15-10-13-4-9-20(12-14(13)11-16(15)25-2)17(21)18(26(3,22)23)5-7-19-8-6-18/h10-11,19H,4-9,12H2,1-3H3. The molecule has 0 bridgehead atoms. The normalized spacial score (nSPS) is 19.6. The van der Waals surface area contributed by atoms with E-state index in [1.807, 2.05) is 12.1 Å². The molecule has 1 aromatic rings. The number of fused-ring (bicyclic) bond motifs is 1. The molecule has 2 aliphatic rings. The summed E-state index contributed by atoms with van der Waals surface area (Å²) in [6.45, 7) is 1.97. The largest absolute Gasteiger partial charge is 0.493 e. The summed E-state index contributed by atoms with van der Waals surface area (Å²) in [5.74, 6) is 0.999. The lowest BCUT2D eigenvalue weighted by atomic mass is 9.92. The van der Waals surface area contributed by atoms with E-state index >= 15 is 0 Å². The molecular weight excluding hydrogens is 356 g/mol. The van der Waals surface area contributed by atoms with Crippen molar-refractivity contribution >= 4 is 15.7 Å². The summed E-state index contributed by atoms with van der Waals surface area (Å²) >= 11 is 0. The van der Waals surface area contributed by atoms with Gasteiger partial charge in [0.15, 0.2) is 26.1 Å². The van der Waals surface area contributed by atoms with Gasteiger partial charge in [-0.05, 0) is 55.6 Å². The highest BCUT2D eigenvalue weighted by atomic mass is 32.2. The predicted octanol–water partition coefficient (Wildman–Crippen LogP) is 0.755. The number of benzene rings is 1. The zero-order valence-corrected chi connectivity index (χ0v) is 16.3. The molecule has 1 amide bonds. The number of amides is 1. The van der Waals surface area contributed by atoms with Crippen molar-refractivity contribution in [3.63, 3.8) is 0 Å². The summed E-state index contributed by atoms with van der Waals surface area (Å²) in [5.41, 5.74) is 2.07. The average molecular weight is 382 g/mol. The van der Waals surface area contributed by atoms with Crippen molar-refractivity contribution in [3.8, 4) is 11.5 Å². The van der Waals surface area contributed by atoms with Gasteiger partial charge < -0.3 is 19.7 Å². The van der Waals surface area contributed by atoms with Crippen LogP contribution in [0.5, 0.6) is 11.5 Å². The Bertz CT molecular complexity index is 800. The van der Waals surface area contributed by atoms with Gasteiger partial charge in [0.25, 0.3) is 0 Å². The SMILES string of the molecule is COc1cc2c(cc1OC)CN(C(=O)C1(S(C)(=O)=O)CCNCC1)CC2. The van der Waals surface area contributed by atoms with Crippen LogP contribution in [0.1, 0.15) is 24.0 Å². The van der Waals surface area contributed by atoms with E-state index in [0.29, 0.717) is 56.9 Å². The molecule has 0 spiro atoms. The van der Waals surface area contributed by atoms with E-state index in [9.17, 15) is 13.2 Å². The van der Waals surface area contributed by atoms with Crippen LogP contribution in [0, 0.1) is 0 Å². The van der Waals surface area contributed by atoms with Crippen LogP contribution in [-0.4, -0.2) is 64.1 Å². The minimum absolute atomic E-state index is 0.276. The molecule has 8 heteroatoms. The molecule has 0 atom stereocenters. The number of hydrogen-bond donors (Lipinski definition) is 1. The first-order valence-corrected chi connectivity index (χ1v) is 10.6. The number of methoxy groups -OCH3 is 2. The minimum atomic E-state index is -3.51. The van der Waals surface area contributed by atoms with Gasteiger partial charge in [0.1, 0.15) is 0 Å². The number of sulfone groups is 1. The Morgan fingerprint density at radius 3 is 2.23 bits per heavy atom. The van der Waals surface area contributed by atoms with Crippen LogP contribution >= 0.6 is 0 Å². The lowest BCUT2D eigenvalue weighted by Gasteiger charge is -2.40. The fourth-order valence-corrected chi connectivity index (χ4v) is 5.31. The molecule has 1 saturated heterocycles. The van der Waals surface area contributed by atoms with Gasteiger partial charge in [-0.1, -0.05) is 0 Å². The van der Waals surface area contributed by atoms with Crippen molar-refractivity contribution in [1.82, 2.24) is 10.2 Å². The molecule has 2 aliphatic heterocycles. The highest BCUT2D eigenvalue weighted by Crippen LogP contribution is 2.36. The molecule has 144 valence electrons. The number of carbonyl (C=O) groups is 1. The summed E-state index contributed by atoms with van der Waals surface area (Å²) in [4.78, 5) is 15.0. The Morgan fingerprint density at radius 1 is 1.12 bits per heavy atom. The second kappa shape index (κ2) is 7.08. The molecule has 0 radical (unpaired) electrons. The molecule has 1 N–H and O–H groups in total. The molecule has 1 aromatic carbocycles. The van der Waals surface area contributed by atoms with Crippen LogP contribution in [0.3, 0.4) is 0 Å². The average Bonchev–Trinajstić information content (AvgIpc) is 2.65. The highest BCUT2D eigenvalue weighted by Gasteiger charge is 2.50. The predicted molar refractivity (Wildman–Crippen MR) is 98.3 cm³/mol. The number of hydrogen-bond acceptors (Lipinski definition) is 6.